The first kappa shape index (κ1) is 23.2. The topological polar surface area (TPSA) is 93.5 Å². The van der Waals surface area contributed by atoms with E-state index < -0.39 is 0 Å². The maximum absolute atomic E-state index is 13.2. The molecule has 0 unspecified atom stereocenters. The lowest BCUT2D eigenvalue weighted by atomic mass is 10.1. The van der Waals surface area contributed by atoms with Gasteiger partial charge in [-0.2, -0.15) is 5.26 Å². The number of hydrogen-bond acceptors (Lipinski definition) is 7. The molecule has 10 heteroatoms. The first-order chi connectivity index (χ1) is 17.0. The predicted molar refractivity (Wildman–Crippen MR) is 137 cm³/mol. The van der Waals surface area contributed by atoms with Crippen LogP contribution in [0.5, 0.6) is 5.75 Å². The van der Waals surface area contributed by atoms with E-state index in [1.165, 1.54) is 11.1 Å². The van der Waals surface area contributed by atoms with Crippen molar-refractivity contribution in [2.75, 3.05) is 48.0 Å². The molecule has 0 radical (unpaired) electrons. The summed E-state index contributed by atoms with van der Waals surface area (Å²) >= 11 is 12.6. The van der Waals surface area contributed by atoms with Gasteiger partial charge in [0.2, 0.25) is 0 Å². The van der Waals surface area contributed by atoms with Gasteiger partial charge in [-0.1, -0.05) is 29.3 Å². The number of aromatic nitrogens is 1. The van der Waals surface area contributed by atoms with Gasteiger partial charge in [0, 0.05) is 43.6 Å². The SMILES string of the molecule is Cc1c(Nc2ccc(N3CCNCC3)c(C#N)c2)ncc2c1OCN(c1c(Cl)cccc1Cl)C2=O. The van der Waals surface area contributed by atoms with Crippen LogP contribution in [0.25, 0.3) is 0 Å². The summed E-state index contributed by atoms with van der Waals surface area (Å²) in [5, 5.41) is 17.0. The summed E-state index contributed by atoms with van der Waals surface area (Å²) in [6, 6.07) is 13.0. The Labute approximate surface area is 213 Å². The van der Waals surface area contributed by atoms with E-state index in [2.05, 4.69) is 26.6 Å². The van der Waals surface area contributed by atoms with Crippen molar-refractivity contribution in [3.8, 4) is 11.8 Å². The summed E-state index contributed by atoms with van der Waals surface area (Å²) in [5.41, 5.74) is 3.64. The molecule has 1 aromatic heterocycles. The highest BCUT2D eigenvalue weighted by Crippen LogP contribution is 2.39. The minimum atomic E-state index is -0.296. The second-order valence-corrected chi connectivity index (χ2v) is 9.07. The molecule has 0 aliphatic carbocycles. The molecule has 5 rings (SSSR count). The Morgan fingerprint density at radius 3 is 2.63 bits per heavy atom. The Morgan fingerprint density at radius 1 is 1.17 bits per heavy atom. The number of ether oxygens (including phenoxy) is 1. The molecular weight excluding hydrogens is 487 g/mol. The number of halogens is 2. The molecule has 35 heavy (non-hydrogen) atoms. The fourth-order valence-corrected chi connectivity index (χ4v) is 4.93. The van der Waals surface area contributed by atoms with Gasteiger partial charge in [0.1, 0.15) is 23.2 Å². The summed E-state index contributed by atoms with van der Waals surface area (Å²) in [7, 11) is 0. The van der Waals surface area contributed by atoms with Crippen molar-refractivity contribution < 1.29 is 9.53 Å². The standard InChI is InChI=1S/C25H22Cl2N6O2/c1-15-23-18(25(34)33(14-35-23)22-19(26)3-2-4-20(22)27)13-30-24(15)31-17-5-6-21(16(11-17)12-28)32-9-7-29-8-10-32/h2-6,11,13,29H,7-10,14H2,1H3,(H,30,31). The summed E-state index contributed by atoms with van der Waals surface area (Å²) in [6.07, 6.45) is 1.48. The van der Waals surface area contributed by atoms with E-state index in [9.17, 15) is 10.1 Å². The zero-order chi connectivity index (χ0) is 24.5. The Kier molecular flexibility index (Phi) is 6.39. The highest BCUT2D eigenvalue weighted by atomic mass is 35.5. The van der Waals surface area contributed by atoms with Gasteiger partial charge in [0.25, 0.3) is 5.91 Å². The molecule has 1 saturated heterocycles. The van der Waals surface area contributed by atoms with Gasteiger partial charge in [0.15, 0.2) is 6.73 Å². The number of para-hydroxylation sites is 1. The number of fused-ring (bicyclic) bond motifs is 1. The molecule has 8 nitrogen and oxygen atoms in total. The normalized spacial score (nSPS) is 15.3. The van der Waals surface area contributed by atoms with Crippen molar-refractivity contribution >= 4 is 52.0 Å². The van der Waals surface area contributed by atoms with E-state index in [1.54, 1.807) is 18.2 Å². The number of carbonyl (C=O) groups excluding carboxylic acids is 1. The number of anilines is 4. The van der Waals surface area contributed by atoms with E-state index in [4.69, 9.17) is 27.9 Å². The van der Waals surface area contributed by atoms with Crippen molar-refractivity contribution in [3.05, 3.63) is 69.3 Å². The Balaban J connectivity index is 1.41. The van der Waals surface area contributed by atoms with E-state index in [0.717, 1.165) is 37.6 Å². The second kappa shape index (κ2) is 9.62. The Bertz CT molecular complexity index is 1330. The minimum Gasteiger partial charge on any atom is -0.471 e. The van der Waals surface area contributed by atoms with Crippen LogP contribution < -0.4 is 25.2 Å². The molecule has 2 aliphatic rings. The summed E-state index contributed by atoms with van der Waals surface area (Å²) < 4.78 is 5.97. The number of rotatable bonds is 4. The molecule has 0 atom stereocenters. The van der Waals surface area contributed by atoms with E-state index in [0.29, 0.717) is 44.0 Å². The van der Waals surface area contributed by atoms with Gasteiger partial charge in [-0.3, -0.25) is 9.69 Å². The van der Waals surface area contributed by atoms with Crippen LogP contribution >= 0.6 is 23.2 Å². The number of hydrogen-bond donors (Lipinski definition) is 2. The lowest BCUT2D eigenvalue weighted by Crippen LogP contribution is -2.43. The van der Waals surface area contributed by atoms with Gasteiger partial charge in [-0.15, -0.1) is 0 Å². The Hall–Kier alpha value is -3.51. The largest absolute Gasteiger partial charge is 0.471 e. The summed E-state index contributed by atoms with van der Waals surface area (Å²) in [5.74, 6) is 0.694. The van der Waals surface area contributed by atoms with Crippen molar-refractivity contribution in [2.45, 2.75) is 6.92 Å². The second-order valence-electron chi connectivity index (χ2n) is 8.26. The molecule has 3 aromatic rings. The monoisotopic (exact) mass is 508 g/mol. The van der Waals surface area contributed by atoms with Crippen LogP contribution in [0.4, 0.5) is 22.9 Å². The van der Waals surface area contributed by atoms with Crippen LogP contribution in [0.1, 0.15) is 21.5 Å². The molecule has 0 bridgehead atoms. The number of nitrogens with zero attached hydrogens (tertiary/aromatic N) is 4. The van der Waals surface area contributed by atoms with Crippen LogP contribution in [0.3, 0.4) is 0 Å². The van der Waals surface area contributed by atoms with Crippen molar-refractivity contribution in [1.29, 1.82) is 5.26 Å². The first-order valence-electron chi connectivity index (χ1n) is 11.1. The third kappa shape index (κ3) is 4.34. The third-order valence-electron chi connectivity index (χ3n) is 6.12. The van der Waals surface area contributed by atoms with Crippen LogP contribution in [0.2, 0.25) is 10.0 Å². The number of nitriles is 1. The molecule has 3 heterocycles. The van der Waals surface area contributed by atoms with Crippen LogP contribution in [-0.4, -0.2) is 43.8 Å². The molecule has 0 saturated carbocycles. The average Bonchev–Trinajstić information content (AvgIpc) is 2.87. The predicted octanol–water partition coefficient (Wildman–Crippen LogP) is 4.72. The van der Waals surface area contributed by atoms with Crippen molar-refractivity contribution in [2.24, 2.45) is 0 Å². The van der Waals surface area contributed by atoms with Gasteiger partial charge in [-0.05, 0) is 37.3 Å². The van der Waals surface area contributed by atoms with E-state index >= 15 is 0 Å². The fraction of sp³-hybridized carbons (Fsp3) is 0.240. The molecule has 2 aromatic carbocycles. The number of piperazine rings is 1. The van der Waals surface area contributed by atoms with Gasteiger partial charge in [0.05, 0.1) is 27.0 Å². The first-order valence-corrected chi connectivity index (χ1v) is 11.9. The van der Waals surface area contributed by atoms with E-state index in [-0.39, 0.29) is 12.6 Å². The average molecular weight is 509 g/mol. The number of amides is 1. The quantitative estimate of drug-likeness (QED) is 0.526. The molecule has 0 spiro atoms. The van der Waals surface area contributed by atoms with Crippen LogP contribution in [-0.2, 0) is 0 Å². The highest BCUT2D eigenvalue weighted by molar-refractivity contribution is 6.40. The van der Waals surface area contributed by atoms with Gasteiger partial charge >= 0.3 is 0 Å². The highest BCUT2D eigenvalue weighted by Gasteiger charge is 2.32. The lowest BCUT2D eigenvalue weighted by Gasteiger charge is -2.31. The van der Waals surface area contributed by atoms with Crippen molar-refractivity contribution in [1.82, 2.24) is 10.3 Å². The molecule has 178 valence electrons. The fourth-order valence-electron chi connectivity index (χ4n) is 4.33. The van der Waals surface area contributed by atoms with Crippen molar-refractivity contribution in [3.63, 3.8) is 0 Å². The zero-order valence-electron chi connectivity index (χ0n) is 18.9. The number of carbonyl (C=O) groups is 1. The zero-order valence-corrected chi connectivity index (χ0v) is 20.5. The third-order valence-corrected chi connectivity index (χ3v) is 6.73. The minimum absolute atomic E-state index is 0.0302. The maximum Gasteiger partial charge on any atom is 0.266 e. The van der Waals surface area contributed by atoms with E-state index in [1.807, 2.05) is 25.1 Å². The maximum atomic E-state index is 13.2. The summed E-state index contributed by atoms with van der Waals surface area (Å²) in [4.78, 5) is 21.3. The summed E-state index contributed by atoms with van der Waals surface area (Å²) in [6.45, 7) is 5.30. The van der Waals surface area contributed by atoms with Crippen LogP contribution in [0.15, 0.2) is 42.6 Å². The molecule has 2 aliphatic heterocycles. The smallest absolute Gasteiger partial charge is 0.266 e. The molecular formula is C25H22Cl2N6O2. The number of nitrogens with one attached hydrogen (secondary N) is 2. The number of pyridine rings is 1. The molecule has 2 N–H and O–H groups in total. The molecule has 1 amide bonds. The molecule has 1 fully saturated rings. The lowest BCUT2D eigenvalue weighted by molar-refractivity contribution is 0.0936. The number of benzene rings is 2. The van der Waals surface area contributed by atoms with Gasteiger partial charge in [-0.25, -0.2) is 4.98 Å². The Morgan fingerprint density at radius 2 is 1.91 bits per heavy atom. The van der Waals surface area contributed by atoms with Crippen LogP contribution in [0, 0.1) is 18.3 Å². The van der Waals surface area contributed by atoms with Gasteiger partial charge < -0.3 is 20.3 Å².